The van der Waals surface area contributed by atoms with Crippen molar-refractivity contribution in [1.29, 1.82) is 0 Å². The molecule has 0 aromatic rings. The van der Waals surface area contributed by atoms with Crippen LogP contribution in [0.15, 0.2) is 0 Å². The Hall–Kier alpha value is 2.61. The SMILES string of the molecule is [La].[O]=[Sn].[Sb]. The first-order valence-corrected chi connectivity index (χ1v) is 1.37. The van der Waals surface area contributed by atoms with Crippen LogP contribution < -0.4 is 0 Å². The fourth-order valence-corrected chi connectivity index (χ4v) is 0. The van der Waals surface area contributed by atoms with Crippen molar-refractivity contribution in [2.75, 3.05) is 0 Å². The van der Waals surface area contributed by atoms with Crippen molar-refractivity contribution in [3.8, 4) is 0 Å². The van der Waals surface area contributed by atoms with Crippen molar-refractivity contribution in [3.05, 3.63) is 0 Å². The van der Waals surface area contributed by atoms with Gasteiger partial charge in [-0.05, 0) is 0 Å². The molecule has 0 aliphatic heterocycles. The van der Waals surface area contributed by atoms with Gasteiger partial charge in [0.1, 0.15) is 0 Å². The van der Waals surface area contributed by atoms with Crippen molar-refractivity contribution >= 4 is 46.9 Å². The summed E-state index contributed by atoms with van der Waals surface area (Å²) in [7, 11) is 0. The molecule has 0 rings (SSSR count). The van der Waals surface area contributed by atoms with E-state index in [0.29, 0.717) is 22.5 Å². The zero-order valence-corrected chi connectivity index (χ0v) is 11.0. The van der Waals surface area contributed by atoms with Gasteiger partial charge in [-0.3, -0.25) is 0 Å². The molecule has 0 saturated carbocycles. The normalized spacial score (nSPS) is 1.00. The van der Waals surface area contributed by atoms with E-state index in [9.17, 15) is 0 Å². The van der Waals surface area contributed by atoms with E-state index in [2.05, 4.69) is 0 Å². The summed E-state index contributed by atoms with van der Waals surface area (Å²) in [4.78, 5) is 0. The summed E-state index contributed by atoms with van der Waals surface area (Å²) in [6.45, 7) is 0. The van der Waals surface area contributed by atoms with Gasteiger partial charge in [0.2, 0.25) is 0 Å². The summed E-state index contributed by atoms with van der Waals surface area (Å²) in [5.41, 5.74) is 0. The molecule has 0 heterocycles. The number of hydrogen-bond donors (Lipinski definition) is 0. The Morgan fingerprint density at radius 3 is 1.25 bits per heavy atom. The Kier molecular flexibility index (Phi) is 69.8. The third kappa shape index (κ3) is 8.82. The van der Waals surface area contributed by atoms with E-state index in [-0.39, 0.29) is 60.0 Å². The molecule has 6 radical (unpaired) electrons. The van der Waals surface area contributed by atoms with Crippen molar-refractivity contribution in [3.63, 3.8) is 0 Å². The fourth-order valence-electron chi connectivity index (χ4n) is 0. The number of rotatable bonds is 0. The standard InChI is InChI=1S/La.O.Sb.Sn. The minimum atomic E-state index is 0. The van der Waals surface area contributed by atoms with Gasteiger partial charge >= 0.3 is 25.6 Å². The molecule has 0 aromatic heterocycles. The zero-order chi connectivity index (χ0) is 2.00. The van der Waals surface area contributed by atoms with E-state index in [1.807, 2.05) is 0 Å². The van der Waals surface area contributed by atoms with E-state index >= 15 is 0 Å². The van der Waals surface area contributed by atoms with Crippen LogP contribution in [0, 0.1) is 35.6 Å². The summed E-state index contributed by atoms with van der Waals surface area (Å²) in [6.07, 6.45) is 0. The Morgan fingerprint density at radius 2 is 1.25 bits per heavy atom. The molecule has 0 aliphatic rings. The second-order valence-electron chi connectivity index (χ2n) is 0. The average Bonchev–Trinajstić information content (AvgIpc) is 1.00. The maximum atomic E-state index is 8.34. The quantitative estimate of drug-likeness (QED) is 0.487. The maximum absolute atomic E-state index is 8.34. The third-order valence-corrected chi connectivity index (χ3v) is 0. The van der Waals surface area contributed by atoms with E-state index in [4.69, 9.17) is 3.08 Å². The minimum Gasteiger partial charge on any atom is 0 e. The van der Waals surface area contributed by atoms with Gasteiger partial charge in [-0.25, -0.2) is 0 Å². The van der Waals surface area contributed by atoms with Crippen LogP contribution >= 0.6 is 0 Å². The van der Waals surface area contributed by atoms with Crippen LogP contribution in [0.2, 0.25) is 0 Å². The fraction of sp³-hybridized carbons (Fsp3) is 0. The molecule has 0 saturated heterocycles. The third-order valence-electron chi connectivity index (χ3n) is 0. The van der Waals surface area contributed by atoms with Gasteiger partial charge in [-0.2, -0.15) is 0 Å². The van der Waals surface area contributed by atoms with Gasteiger partial charge in [0.15, 0.2) is 0 Å². The molecule has 0 amide bonds. The maximum Gasteiger partial charge on any atom is 0 e. The van der Waals surface area contributed by atoms with Gasteiger partial charge in [0.05, 0.1) is 0 Å². The monoisotopic (exact) mass is 396 g/mol. The Bertz CT molecular complexity index is 8.00. The van der Waals surface area contributed by atoms with E-state index < -0.39 is 0 Å². The predicted octanol–water partition coefficient (Wildman–Crippen LogP) is -0.880. The van der Waals surface area contributed by atoms with E-state index in [0.717, 1.165) is 0 Å². The van der Waals surface area contributed by atoms with E-state index in [1.54, 1.807) is 0 Å². The predicted molar refractivity (Wildman–Crippen MR) is 12.2 cm³/mol. The van der Waals surface area contributed by atoms with Gasteiger partial charge in [-0.1, -0.05) is 0 Å². The Labute approximate surface area is 83.8 Å². The molecule has 0 atom stereocenters. The van der Waals surface area contributed by atoms with Crippen LogP contribution in [0.3, 0.4) is 0 Å². The van der Waals surface area contributed by atoms with Crippen LogP contribution in [0.25, 0.3) is 0 Å². The van der Waals surface area contributed by atoms with Crippen LogP contribution in [-0.2, 0) is 3.08 Å². The molecule has 0 N–H and O–H groups in total. The van der Waals surface area contributed by atoms with Crippen molar-refractivity contribution in [2.45, 2.75) is 0 Å². The van der Waals surface area contributed by atoms with Gasteiger partial charge < -0.3 is 0 Å². The van der Waals surface area contributed by atoms with Crippen molar-refractivity contribution in [2.24, 2.45) is 0 Å². The first-order valence-electron chi connectivity index (χ1n) is 0.204. The second-order valence-corrected chi connectivity index (χ2v) is 0. The van der Waals surface area contributed by atoms with Crippen LogP contribution in [0.1, 0.15) is 0 Å². The first kappa shape index (κ1) is 16.0. The molecule has 0 spiro atoms. The first-order chi connectivity index (χ1) is 1.00. The summed E-state index contributed by atoms with van der Waals surface area (Å²) < 4.78 is 8.34. The summed E-state index contributed by atoms with van der Waals surface area (Å²) in [5, 5.41) is 0. The molecule has 0 bridgehead atoms. The summed E-state index contributed by atoms with van der Waals surface area (Å²) >= 11 is 0.300. The van der Waals surface area contributed by atoms with Crippen molar-refractivity contribution < 1.29 is 38.7 Å². The molecule has 0 aliphatic carbocycles. The van der Waals surface area contributed by atoms with Gasteiger partial charge in [0.25, 0.3) is 0 Å². The molecular weight excluding hydrogens is 395 g/mol. The Morgan fingerprint density at radius 1 is 1.25 bits per heavy atom. The molecule has 4 heavy (non-hydrogen) atoms. The molecule has 0 unspecified atom stereocenters. The average molecular weight is 395 g/mol. The molecule has 18 valence electrons. The van der Waals surface area contributed by atoms with Crippen LogP contribution in [0.4, 0.5) is 0 Å². The summed E-state index contributed by atoms with van der Waals surface area (Å²) in [5.74, 6) is 0. The van der Waals surface area contributed by atoms with E-state index in [1.165, 1.54) is 0 Å². The molecular formula is LaOSbSn. The largest absolute Gasteiger partial charge is 0 e. The van der Waals surface area contributed by atoms with Gasteiger partial charge in [-0.15, -0.1) is 0 Å². The second kappa shape index (κ2) is 17.5. The smallest absolute Gasteiger partial charge is 0 e. The minimum absolute atomic E-state index is 0. The molecule has 0 fully saturated rings. The zero-order valence-electron chi connectivity index (χ0n) is 1.93. The number of hydrogen-bond acceptors (Lipinski definition) is 1. The molecule has 4 heteroatoms. The van der Waals surface area contributed by atoms with Gasteiger partial charge in [0, 0.05) is 60.0 Å². The molecule has 1 nitrogen and oxygen atoms in total. The molecule has 0 aromatic carbocycles. The summed E-state index contributed by atoms with van der Waals surface area (Å²) in [6, 6.07) is 0. The Balaban J connectivity index is -0.00000000500. The van der Waals surface area contributed by atoms with Crippen LogP contribution in [0.5, 0.6) is 0 Å². The van der Waals surface area contributed by atoms with Crippen LogP contribution in [-0.4, -0.2) is 46.9 Å². The topological polar surface area (TPSA) is 17.1 Å². The van der Waals surface area contributed by atoms with Crippen molar-refractivity contribution in [1.82, 2.24) is 0 Å².